The minimum Gasteiger partial charge on any atom is -0.339 e. The van der Waals surface area contributed by atoms with E-state index in [-0.39, 0.29) is 11.9 Å². The monoisotopic (exact) mass is 281 g/mol. The lowest BCUT2D eigenvalue weighted by molar-refractivity contribution is 0.0724. The van der Waals surface area contributed by atoms with Crippen LogP contribution in [0.2, 0.25) is 5.02 Å². The van der Waals surface area contributed by atoms with E-state index in [9.17, 15) is 4.79 Å². The number of hydrogen-bond acceptors (Lipinski definition) is 2. The first-order valence-electron chi connectivity index (χ1n) is 6.97. The first-order chi connectivity index (χ1) is 9.08. The van der Waals surface area contributed by atoms with Crippen LogP contribution >= 0.6 is 11.6 Å². The average molecular weight is 282 g/mol. The molecule has 0 spiro atoms. The number of carbonyl (C=O) groups excluding carboxylic acids is 1. The van der Waals surface area contributed by atoms with Gasteiger partial charge in [-0.15, -0.1) is 0 Å². The van der Waals surface area contributed by atoms with Crippen molar-refractivity contribution in [2.24, 2.45) is 5.92 Å². The molecular weight excluding hydrogens is 262 g/mol. The zero-order valence-electron chi connectivity index (χ0n) is 11.4. The highest BCUT2D eigenvalue weighted by molar-refractivity contribution is 6.31. The van der Waals surface area contributed by atoms with Crippen LogP contribution < -0.4 is 5.32 Å². The van der Waals surface area contributed by atoms with Gasteiger partial charge in [0.2, 0.25) is 0 Å². The summed E-state index contributed by atoms with van der Waals surface area (Å²) in [4.78, 5) is 14.8. The molecule has 1 aromatic rings. The number of carbonyl (C=O) groups is 1. The molecule has 104 valence electrons. The molecule has 0 aliphatic carbocycles. The number of amides is 1. The second-order valence-corrected chi connectivity index (χ2v) is 6.25. The summed E-state index contributed by atoms with van der Waals surface area (Å²) < 4.78 is 1.97. The molecule has 2 aliphatic rings. The largest absolute Gasteiger partial charge is 0.339 e. The van der Waals surface area contributed by atoms with E-state index in [0.29, 0.717) is 22.7 Å². The summed E-state index contributed by atoms with van der Waals surface area (Å²) in [5.74, 6) is 0.749. The molecule has 5 heteroatoms. The van der Waals surface area contributed by atoms with Gasteiger partial charge >= 0.3 is 0 Å². The fraction of sp³-hybridized carbons (Fsp3) is 0.643. The van der Waals surface area contributed by atoms with E-state index in [1.54, 1.807) is 6.07 Å². The predicted molar refractivity (Wildman–Crippen MR) is 75.6 cm³/mol. The van der Waals surface area contributed by atoms with Crippen molar-refractivity contribution in [2.45, 2.75) is 32.4 Å². The van der Waals surface area contributed by atoms with E-state index < -0.39 is 0 Å². The average Bonchev–Trinajstić information content (AvgIpc) is 3.00. The Morgan fingerprint density at radius 1 is 1.47 bits per heavy atom. The van der Waals surface area contributed by atoms with Crippen molar-refractivity contribution in [1.29, 1.82) is 0 Å². The molecule has 3 rings (SSSR count). The third-order valence-corrected chi connectivity index (χ3v) is 4.50. The molecule has 2 aliphatic heterocycles. The number of nitrogens with zero attached hydrogens (tertiary/aromatic N) is 2. The van der Waals surface area contributed by atoms with Gasteiger partial charge in [-0.1, -0.05) is 11.6 Å². The molecule has 1 amide bonds. The number of fused-ring (bicyclic) bond motifs is 1. The molecule has 1 N–H and O–H groups in total. The molecule has 19 heavy (non-hydrogen) atoms. The molecule has 2 saturated heterocycles. The maximum Gasteiger partial charge on any atom is 0.270 e. The molecule has 2 atom stereocenters. The Morgan fingerprint density at radius 3 is 3.00 bits per heavy atom. The van der Waals surface area contributed by atoms with Gasteiger partial charge in [-0.2, -0.15) is 0 Å². The van der Waals surface area contributed by atoms with Gasteiger partial charge in [-0.3, -0.25) is 4.79 Å². The maximum atomic E-state index is 12.7. The molecule has 1 aromatic heterocycles. The molecule has 0 radical (unpaired) electrons. The van der Waals surface area contributed by atoms with E-state index in [2.05, 4.69) is 19.2 Å². The van der Waals surface area contributed by atoms with Gasteiger partial charge in [0.15, 0.2) is 0 Å². The Bertz CT molecular complexity index is 497. The number of likely N-dealkylation sites (tertiary alicyclic amines) is 1. The zero-order valence-corrected chi connectivity index (χ0v) is 12.2. The number of hydrogen-bond donors (Lipinski definition) is 1. The van der Waals surface area contributed by atoms with Crippen LogP contribution in [-0.4, -0.2) is 41.1 Å². The highest BCUT2D eigenvalue weighted by Gasteiger charge is 2.40. The number of nitrogens with one attached hydrogen (secondary N) is 1. The molecule has 3 heterocycles. The minimum atomic E-state index is 0.122. The standard InChI is InChI=1S/C14H20ClN3O/c1-9(2)18-8-11(15)5-12(18)14(19)17-4-3-10-6-16-7-13(10)17/h5,8-10,13,16H,3-4,6-7H2,1-2H3/t10-,13+/m0/s1. The van der Waals surface area contributed by atoms with Crippen LogP contribution in [-0.2, 0) is 0 Å². The number of aromatic nitrogens is 1. The molecular formula is C14H20ClN3O. The van der Waals surface area contributed by atoms with Crippen molar-refractivity contribution in [3.05, 3.63) is 23.0 Å². The van der Waals surface area contributed by atoms with Crippen LogP contribution in [0.25, 0.3) is 0 Å². The van der Waals surface area contributed by atoms with E-state index in [1.807, 2.05) is 15.7 Å². The molecule has 0 unspecified atom stereocenters. The van der Waals surface area contributed by atoms with E-state index >= 15 is 0 Å². The summed E-state index contributed by atoms with van der Waals surface area (Å²) in [6.45, 7) is 6.97. The Labute approximate surface area is 118 Å². The van der Waals surface area contributed by atoms with Crippen LogP contribution in [0.5, 0.6) is 0 Å². The molecule has 0 bridgehead atoms. The van der Waals surface area contributed by atoms with Crippen LogP contribution in [0.4, 0.5) is 0 Å². The topological polar surface area (TPSA) is 37.3 Å². The maximum absolute atomic E-state index is 12.7. The number of rotatable bonds is 2. The van der Waals surface area contributed by atoms with E-state index in [0.717, 1.165) is 26.1 Å². The third-order valence-electron chi connectivity index (χ3n) is 4.30. The summed E-state index contributed by atoms with van der Waals surface area (Å²) >= 11 is 6.07. The third kappa shape index (κ3) is 2.17. The Hall–Kier alpha value is -1.00. The summed E-state index contributed by atoms with van der Waals surface area (Å²) in [5, 5.41) is 4.01. The second-order valence-electron chi connectivity index (χ2n) is 5.82. The van der Waals surface area contributed by atoms with E-state index in [1.165, 1.54) is 0 Å². The summed E-state index contributed by atoms with van der Waals surface area (Å²) in [6.07, 6.45) is 2.96. The van der Waals surface area contributed by atoms with Crippen molar-refractivity contribution < 1.29 is 4.79 Å². The van der Waals surface area contributed by atoms with Crippen molar-refractivity contribution in [3.8, 4) is 0 Å². The SMILES string of the molecule is CC(C)n1cc(Cl)cc1C(=O)N1CC[C@H]2CNC[C@H]21. The van der Waals surface area contributed by atoms with Crippen LogP contribution in [0.1, 0.15) is 36.8 Å². The van der Waals surface area contributed by atoms with Crippen LogP contribution in [0.3, 0.4) is 0 Å². The Morgan fingerprint density at radius 2 is 2.26 bits per heavy atom. The molecule has 2 fully saturated rings. The van der Waals surface area contributed by atoms with E-state index in [4.69, 9.17) is 11.6 Å². The van der Waals surface area contributed by atoms with Crippen LogP contribution in [0, 0.1) is 5.92 Å². The lowest BCUT2D eigenvalue weighted by Gasteiger charge is -2.24. The fourth-order valence-electron chi connectivity index (χ4n) is 3.29. The quantitative estimate of drug-likeness (QED) is 0.902. The minimum absolute atomic E-state index is 0.122. The lowest BCUT2D eigenvalue weighted by atomic mass is 10.1. The fourth-order valence-corrected chi connectivity index (χ4v) is 3.50. The van der Waals surface area contributed by atoms with Crippen molar-refractivity contribution in [3.63, 3.8) is 0 Å². The van der Waals surface area contributed by atoms with Crippen LogP contribution in [0.15, 0.2) is 12.3 Å². The van der Waals surface area contributed by atoms with Crippen molar-refractivity contribution in [2.75, 3.05) is 19.6 Å². The highest BCUT2D eigenvalue weighted by Crippen LogP contribution is 2.30. The highest BCUT2D eigenvalue weighted by atomic mass is 35.5. The predicted octanol–water partition coefficient (Wildman–Crippen LogP) is 2.16. The van der Waals surface area contributed by atoms with Crippen molar-refractivity contribution >= 4 is 17.5 Å². The lowest BCUT2D eigenvalue weighted by Crippen LogP contribution is -2.40. The Kier molecular flexibility index (Phi) is 3.31. The van der Waals surface area contributed by atoms with Gasteiger partial charge in [0.25, 0.3) is 5.91 Å². The van der Waals surface area contributed by atoms with Gasteiger partial charge in [0.1, 0.15) is 5.69 Å². The smallest absolute Gasteiger partial charge is 0.270 e. The van der Waals surface area contributed by atoms with Gasteiger partial charge in [0.05, 0.1) is 5.02 Å². The first kappa shape index (κ1) is 13.0. The van der Waals surface area contributed by atoms with Gasteiger partial charge in [0, 0.05) is 37.9 Å². The van der Waals surface area contributed by atoms with Crippen molar-refractivity contribution in [1.82, 2.24) is 14.8 Å². The molecule has 4 nitrogen and oxygen atoms in total. The normalized spacial score (nSPS) is 26.2. The Balaban J connectivity index is 1.88. The number of halogens is 1. The summed E-state index contributed by atoms with van der Waals surface area (Å²) in [6, 6.07) is 2.40. The second kappa shape index (κ2) is 4.84. The van der Waals surface area contributed by atoms with Gasteiger partial charge < -0.3 is 14.8 Å². The first-order valence-corrected chi connectivity index (χ1v) is 7.35. The van der Waals surface area contributed by atoms with Gasteiger partial charge in [-0.05, 0) is 32.3 Å². The van der Waals surface area contributed by atoms with Gasteiger partial charge in [-0.25, -0.2) is 0 Å². The summed E-state index contributed by atoms with van der Waals surface area (Å²) in [5.41, 5.74) is 0.715. The molecule has 0 aromatic carbocycles. The zero-order chi connectivity index (χ0) is 13.6. The summed E-state index contributed by atoms with van der Waals surface area (Å²) in [7, 11) is 0. The molecule has 0 saturated carbocycles.